The second-order valence-electron chi connectivity index (χ2n) is 11.0. The molecule has 0 aliphatic carbocycles. The Hall–Kier alpha value is -3.82. The van der Waals surface area contributed by atoms with Crippen LogP contribution < -0.4 is 15.1 Å². The van der Waals surface area contributed by atoms with E-state index in [1.165, 1.54) is 0 Å². The number of aromatic nitrogens is 3. The van der Waals surface area contributed by atoms with Crippen molar-refractivity contribution in [3.63, 3.8) is 0 Å². The van der Waals surface area contributed by atoms with Crippen molar-refractivity contribution in [1.29, 1.82) is 0 Å². The number of aryl methyl sites for hydroxylation is 2. The van der Waals surface area contributed by atoms with E-state index in [0.29, 0.717) is 32.0 Å². The van der Waals surface area contributed by atoms with E-state index in [2.05, 4.69) is 20.3 Å². The lowest BCUT2D eigenvalue weighted by molar-refractivity contribution is 0.0159. The highest BCUT2D eigenvalue weighted by atomic mass is 16.6. The first-order valence-electron chi connectivity index (χ1n) is 12.7. The monoisotopic (exact) mass is 505 g/mol. The number of nitrogens with one attached hydrogen (secondary N) is 1. The number of rotatable bonds is 2. The molecule has 2 aliphatic rings. The smallest absolute Gasteiger partial charge is 0.410 e. The number of carbonyl (C=O) groups is 2. The lowest BCUT2D eigenvalue weighted by Crippen LogP contribution is -2.55. The van der Waals surface area contributed by atoms with Gasteiger partial charge in [0.25, 0.3) is 0 Å². The van der Waals surface area contributed by atoms with Crippen LogP contribution >= 0.6 is 0 Å². The van der Waals surface area contributed by atoms with E-state index in [0.717, 1.165) is 39.8 Å². The Kier molecular flexibility index (Phi) is 6.21. The maximum absolute atomic E-state index is 13.3. The molecule has 10 nitrogen and oxygen atoms in total. The van der Waals surface area contributed by atoms with Crippen LogP contribution in [0.3, 0.4) is 0 Å². The maximum atomic E-state index is 13.3. The molecular formula is C27H35N7O3. The second-order valence-corrected chi connectivity index (χ2v) is 11.0. The van der Waals surface area contributed by atoms with Gasteiger partial charge in [0.05, 0.1) is 5.52 Å². The van der Waals surface area contributed by atoms with E-state index in [1.807, 2.05) is 66.1 Å². The largest absolute Gasteiger partial charge is 0.444 e. The summed E-state index contributed by atoms with van der Waals surface area (Å²) >= 11 is 0. The number of hydrogen-bond acceptors (Lipinski definition) is 6. The number of pyridine rings is 1. The number of nitrogens with zero attached hydrogens (tertiary/aromatic N) is 6. The van der Waals surface area contributed by atoms with Gasteiger partial charge < -0.3 is 19.9 Å². The molecule has 1 atom stereocenters. The number of hydrogen-bond donors (Lipinski definition) is 1. The molecule has 5 rings (SSSR count). The molecule has 10 heteroatoms. The third kappa shape index (κ3) is 4.92. The van der Waals surface area contributed by atoms with Crippen molar-refractivity contribution >= 4 is 40.2 Å². The molecule has 1 N–H and O–H groups in total. The molecule has 2 aromatic heterocycles. The van der Waals surface area contributed by atoms with Gasteiger partial charge in [-0.3, -0.25) is 9.58 Å². The molecule has 1 fully saturated rings. The van der Waals surface area contributed by atoms with Crippen LogP contribution in [-0.2, 0) is 18.2 Å². The predicted molar refractivity (Wildman–Crippen MR) is 144 cm³/mol. The number of urea groups is 1. The lowest BCUT2D eigenvalue weighted by atomic mass is 10.1. The summed E-state index contributed by atoms with van der Waals surface area (Å²) in [5, 5.41) is 8.51. The summed E-state index contributed by atoms with van der Waals surface area (Å²) in [5.41, 5.74) is 4.29. The van der Waals surface area contributed by atoms with Crippen molar-refractivity contribution in [1.82, 2.24) is 19.7 Å². The van der Waals surface area contributed by atoms with Crippen LogP contribution in [0.5, 0.6) is 0 Å². The van der Waals surface area contributed by atoms with E-state index in [1.54, 1.807) is 20.7 Å². The van der Waals surface area contributed by atoms with Gasteiger partial charge in [0.15, 0.2) is 0 Å². The number of piperazine rings is 1. The number of ether oxygens (including phenoxy) is 1. The molecule has 3 aromatic rings. The third-order valence-corrected chi connectivity index (χ3v) is 6.86. The summed E-state index contributed by atoms with van der Waals surface area (Å²) in [5.74, 6) is 0.691. The van der Waals surface area contributed by atoms with Gasteiger partial charge in [0.2, 0.25) is 0 Å². The minimum atomic E-state index is -0.522. The van der Waals surface area contributed by atoms with Crippen molar-refractivity contribution in [3.8, 4) is 0 Å². The zero-order valence-corrected chi connectivity index (χ0v) is 22.4. The molecule has 0 bridgehead atoms. The van der Waals surface area contributed by atoms with Crippen LogP contribution in [0, 0.1) is 6.92 Å². The van der Waals surface area contributed by atoms with E-state index in [4.69, 9.17) is 4.74 Å². The van der Waals surface area contributed by atoms with Crippen molar-refractivity contribution in [2.24, 2.45) is 7.05 Å². The fraction of sp³-hybridized carbons (Fsp3) is 0.481. The standard InChI is InChI=1S/C27H35N7O3/c1-17-13-20(14-19-16-31(6)30-23(17)19)29-25(35)34-10-8-21-22(7-9-28-24(21)34)32-11-12-33(18(2)15-32)26(36)37-27(3,4)5/h7,9,13-14,16,18H,8,10-12,15H2,1-6H3,(H,29,35)/t18-/m1/s1. The lowest BCUT2D eigenvalue weighted by Gasteiger charge is -2.41. The normalized spacial score (nSPS) is 17.8. The second kappa shape index (κ2) is 9.24. The van der Waals surface area contributed by atoms with Crippen LogP contribution in [0.15, 0.2) is 30.6 Å². The van der Waals surface area contributed by atoms with Gasteiger partial charge in [-0.05, 0) is 64.8 Å². The number of amides is 3. The van der Waals surface area contributed by atoms with E-state index >= 15 is 0 Å². The Bertz CT molecular complexity index is 1360. The molecule has 0 spiro atoms. The first-order valence-corrected chi connectivity index (χ1v) is 12.7. The minimum absolute atomic E-state index is 0.00106. The average molecular weight is 506 g/mol. The highest BCUT2D eigenvalue weighted by Crippen LogP contribution is 2.35. The number of benzene rings is 1. The molecule has 196 valence electrons. The topological polar surface area (TPSA) is 95.8 Å². The zero-order chi connectivity index (χ0) is 26.5. The molecule has 1 aromatic carbocycles. The average Bonchev–Trinajstić information content (AvgIpc) is 3.41. The molecular weight excluding hydrogens is 470 g/mol. The van der Waals surface area contributed by atoms with Crippen LogP contribution in [0.25, 0.3) is 10.9 Å². The van der Waals surface area contributed by atoms with Crippen LogP contribution in [0.1, 0.15) is 38.8 Å². The molecule has 4 heterocycles. The first kappa shape index (κ1) is 24.9. The van der Waals surface area contributed by atoms with Gasteiger partial charge >= 0.3 is 12.1 Å². The van der Waals surface area contributed by atoms with Crippen molar-refractivity contribution in [2.75, 3.05) is 41.3 Å². The number of fused-ring (bicyclic) bond motifs is 2. The Balaban J connectivity index is 1.31. The summed E-state index contributed by atoms with van der Waals surface area (Å²) in [6.07, 6.45) is 4.16. The highest BCUT2D eigenvalue weighted by molar-refractivity contribution is 6.04. The summed E-state index contributed by atoms with van der Waals surface area (Å²) < 4.78 is 7.36. The van der Waals surface area contributed by atoms with Gasteiger partial charge in [-0.15, -0.1) is 0 Å². The molecule has 0 radical (unpaired) electrons. The molecule has 2 aliphatic heterocycles. The minimum Gasteiger partial charge on any atom is -0.444 e. The summed E-state index contributed by atoms with van der Waals surface area (Å²) in [4.78, 5) is 36.3. The van der Waals surface area contributed by atoms with Crippen LogP contribution in [0.2, 0.25) is 0 Å². The van der Waals surface area contributed by atoms with Crippen LogP contribution in [0.4, 0.5) is 26.8 Å². The van der Waals surface area contributed by atoms with E-state index < -0.39 is 5.60 Å². The molecule has 37 heavy (non-hydrogen) atoms. The highest BCUT2D eigenvalue weighted by Gasteiger charge is 2.34. The van der Waals surface area contributed by atoms with Gasteiger partial charge in [0.1, 0.15) is 11.4 Å². The molecule has 0 saturated carbocycles. The van der Waals surface area contributed by atoms with E-state index in [-0.39, 0.29) is 18.2 Å². The first-order chi connectivity index (χ1) is 17.5. The maximum Gasteiger partial charge on any atom is 0.410 e. The Morgan fingerprint density at radius 2 is 1.95 bits per heavy atom. The quantitative estimate of drug-likeness (QED) is 0.557. The van der Waals surface area contributed by atoms with Crippen molar-refractivity contribution in [3.05, 3.63) is 41.7 Å². The van der Waals surface area contributed by atoms with Gasteiger partial charge in [-0.1, -0.05) is 0 Å². The summed E-state index contributed by atoms with van der Waals surface area (Å²) in [7, 11) is 1.89. The fourth-order valence-corrected chi connectivity index (χ4v) is 5.23. The zero-order valence-electron chi connectivity index (χ0n) is 22.4. The number of carbonyl (C=O) groups excluding carboxylic acids is 2. The van der Waals surface area contributed by atoms with Crippen molar-refractivity contribution in [2.45, 2.75) is 52.7 Å². The molecule has 0 unspecified atom stereocenters. The van der Waals surface area contributed by atoms with E-state index in [9.17, 15) is 9.59 Å². The third-order valence-electron chi connectivity index (χ3n) is 6.86. The van der Waals surface area contributed by atoms with Gasteiger partial charge in [-0.25, -0.2) is 14.6 Å². The fourth-order valence-electron chi connectivity index (χ4n) is 5.23. The SMILES string of the molecule is Cc1cc(NC(=O)N2CCc3c(N4CCN(C(=O)OC(C)(C)C)[C@H](C)C4)ccnc32)cc2cn(C)nc12. The Morgan fingerprint density at radius 3 is 2.68 bits per heavy atom. The summed E-state index contributed by atoms with van der Waals surface area (Å²) in [6.45, 7) is 12.2. The van der Waals surface area contributed by atoms with Gasteiger partial charge in [-0.2, -0.15) is 5.10 Å². The molecule has 1 saturated heterocycles. The summed E-state index contributed by atoms with van der Waals surface area (Å²) in [6, 6.07) is 5.70. The predicted octanol–water partition coefficient (Wildman–Crippen LogP) is 4.32. The van der Waals surface area contributed by atoms with Crippen LogP contribution in [-0.4, -0.2) is 69.6 Å². The van der Waals surface area contributed by atoms with Crippen molar-refractivity contribution < 1.29 is 14.3 Å². The molecule has 3 amide bonds. The Labute approximate surface area is 217 Å². The number of anilines is 3. The van der Waals surface area contributed by atoms with Gasteiger partial charge in [0, 0.05) is 74.0 Å². The Morgan fingerprint density at radius 1 is 1.16 bits per heavy atom.